The van der Waals surface area contributed by atoms with Gasteiger partial charge in [0.05, 0.1) is 25.6 Å². The van der Waals surface area contributed by atoms with E-state index in [9.17, 15) is 8.42 Å². The predicted octanol–water partition coefficient (Wildman–Crippen LogP) is 0.107. The molecule has 15 heavy (non-hydrogen) atoms. The smallest absolute Gasteiger partial charge is 0.209 e. The molecule has 0 spiro atoms. The van der Waals surface area contributed by atoms with Crippen molar-refractivity contribution in [2.45, 2.75) is 25.9 Å². The molecule has 0 amide bonds. The number of rotatable bonds is 7. The van der Waals surface area contributed by atoms with Crippen LogP contribution >= 0.6 is 0 Å². The number of ether oxygens (including phenoxy) is 2. The zero-order valence-electron chi connectivity index (χ0n) is 9.02. The van der Waals surface area contributed by atoms with Gasteiger partial charge in [-0.2, -0.15) is 0 Å². The first-order chi connectivity index (χ1) is 7.01. The van der Waals surface area contributed by atoms with Gasteiger partial charge in [-0.3, -0.25) is 0 Å². The van der Waals surface area contributed by atoms with Crippen LogP contribution in [0.1, 0.15) is 19.8 Å². The van der Waals surface area contributed by atoms with Crippen molar-refractivity contribution in [3.05, 3.63) is 0 Å². The number of hydrogen-bond acceptors (Lipinski definition) is 4. The summed E-state index contributed by atoms with van der Waals surface area (Å²) < 4.78 is 32.3. The van der Waals surface area contributed by atoms with Gasteiger partial charge in [-0.25, -0.2) is 13.6 Å². The Balaban J connectivity index is 2.28. The molecule has 1 atom stereocenters. The normalized spacial score (nSPS) is 19.9. The quantitative estimate of drug-likeness (QED) is 0.681. The zero-order chi connectivity index (χ0) is 11.3. The fourth-order valence-corrected chi connectivity index (χ4v) is 2.45. The van der Waals surface area contributed by atoms with Crippen molar-refractivity contribution in [3.8, 4) is 0 Å². The average Bonchev–Trinajstić information content (AvgIpc) is 1.98. The Kier molecular flexibility index (Phi) is 4.98. The fraction of sp³-hybridized carbons (Fsp3) is 1.00. The van der Waals surface area contributed by atoms with Crippen LogP contribution in [0.4, 0.5) is 0 Å². The van der Waals surface area contributed by atoms with Crippen LogP contribution in [0.15, 0.2) is 0 Å². The predicted molar refractivity (Wildman–Crippen MR) is 56.9 cm³/mol. The van der Waals surface area contributed by atoms with Gasteiger partial charge in [-0.05, 0) is 12.3 Å². The van der Waals surface area contributed by atoms with Crippen molar-refractivity contribution in [1.29, 1.82) is 0 Å². The van der Waals surface area contributed by atoms with Crippen molar-refractivity contribution in [2.75, 3.05) is 25.6 Å². The van der Waals surface area contributed by atoms with E-state index in [2.05, 4.69) is 0 Å². The second-order valence-electron chi connectivity index (χ2n) is 3.98. The molecule has 1 fully saturated rings. The molecule has 0 saturated carbocycles. The number of sulfonamides is 1. The average molecular weight is 237 g/mol. The van der Waals surface area contributed by atoms with E-state index in [4.69, 9.17) is 14.6 Å². The van der Waals surface area contributed by atoms with Gasteiger partial charge in [-0.1, -0.05) is 13.3 Å². The molecule has 1 heterocycles. The third kappa shape index (κ3) is 5.46. The summed E-state index contributed by atoms with van der Waals surface area (Å²) in [5.41, 5.74) is 0. The number of hydrogen-bond donors (Lipinski definition) is 1. The van der Waals surface area contributed by atoms with E-state index >= 15 is 0 Å². The van der Waals surface area contributed by atoms with Crippen LogP contribution in [0.2, 0.25) is 0 Å². The van der Waals surface area contributed by atoms with Crippen LogP contribution in [0.25, 0.3) is 0 Å². The molecule has 0 aromatic carbocycles. The molecule has 1 unspecified atom stereocenters. The SMILES string of the molecule is CCCC(COC1COC1)CS(N)(=O)=O. The monoisotopic (exact) mass is 237 g/mol. The van der Waals surface area contributed by atoms with Crippen LogP contribution in [0.3, 0.4) is 0 Å². The minimum absolute atomic E-state index is 0.00519. The number of nitrogens with two attached hydrogens (primary N) is 1. The van der Waals surface area contributed by atoms with E-state index in [-0.39, 0.29) is 17.8 Å². The summed E-state index contributed by atoms with van der Waals surface area (Å²) in [5, 5.41) is 5.01. The fourth-order valence-electron chi connectivity index (χ4n) is 1.53. The standard InChI is InChI=1S/C9H19NO4S/c1-2-3-8(7-15(10,11)12)4-14-9-5-13-6-9/h8-9H,2-7H2,1H3,(H2,10,11,12). The molecule has 2 N–H and O–H groups in total. The van der Waals surface area contributed by atoms with Crippen molar-refractivity contribution in [2.24, 2.45) is 11.1 Å². The molecule has 1 rings (SSSR count). The van der Waals surface area contributed by atoms with E-state index in [1.807, 2.05) is 6.92 Å². The highest BCUT2D eigenvalue weighted by Crippen LogP contribution is 2.13. The molecule has 0 aromatic rings. The minimum atomic E-state index is -3.39. The topological polar surface area (TPSA) is 78.6 Å². The van der Waals surface area contributed by atoms with Crippen LogP contribution in [0.5, 0.6) is 0 Å². The van der Waals surface area contributed by atoms with Gasteiger partial charge in [0.15, 0.2) is 0 Å². The highest BCUT2D eigenvalue weighted by Gasteiger charge is 2.22. The summed E-state index contributed by atoms with van der Waals surface area (Å²) in [4.78, 5) is 0. The maximum absolute atomic E-state index is 10.9. The summed E-state index contributed by atoms with van der Waals surface area (Å²) in [5.74, 6) is 0.0135. The highest BCUT2D eigenvalue weighted by molar-refractivity contribution is 7.89. The third-order valence-corrected chi connectivity index (χ3v) is 3.28. The molecule has 0 aliphatic carbocycles. The van der Waals surface area contributed by atoms with E-state index in [1.165, 1.54) is 0 Å². The first-order valence-electron chi connectivity index (χ1n) is 5.21. The lowest BCUT2D eigenvalue weighted by molar-refractivity contribution is -0.135. The van der Waals surface area contributed by atoms with Crippen molar-refractivity contribution >= 4 is 10.0 Å². The molecule has 0 radical (unpaired) electrons. The van der Waals surface area contributed by atoms with Crippen LogP contribution in [-0.2, 0) is 19.5 Å². The maximum atomic E-state index is 10.9. The number of primary sulfonamides is 1. The summed E-state index contributed by atoms with van der Waals surface area (Å²) in [6.45, 7) is 3.71. The van der Waals surface area contributed by atoms with Crippen molar-refractivity contribution in [1.82, 2.24) is 0 Å². The van der Waals surface area contributed by atoms with Gasteiger partial charge in [0.1, 0.15) is 6.10 Å². The Hall–Kier alpha value is -0.170. The first-order valence-corrected chi connectivity index (χ1v) is 6.92. The Labute approximate surface area is 91.0 Å². The highest BCUT2D eigenvalue weighted by atomic mass is 32.2. The van der Waals surface area contributed by atoms with Gasteiger partial charge in [0.25, 0.3) is 0 Å². The van der Waals surface area contributed by atoms with Crippen LogP contribution in [0, 0.1) is 5.92 Å². The lowest BCUT2D eigenvalue weighted by Crippen LogP contribution is -2.38. The van der Waals surface area contributed by atoms with Crippen molar-refractivity contribution < 1.29 is 17.9 Å². The largest absolute Gasteiger partial charge is 0.376 e. The van der Waals surface area contributed by atoms with Gasteiger partial charge in [-0.15, -0.1) is 0 Å². The third-order valence-electron chi connectivity index (χ3n) is 2.34. The molecular formula is C9H19NO4S. The molecule has 0 bridgehead atoms. The molecule has 1 aliphatic heterocycles. The second-order valence-corrected chi connectivity index (χ2v) is 5.64. The zero-order valence-corrected chi connectivity index (χ0v) is 9.83. The van der Waals surface area contributed by atoms with Gasteiger partial charge >= 0.3 is 0 Å². The Morgan fingerprint density at radius 3 is 2.60 bits per heavy atom. The Morgan fingerprint density at radius 2 is 2.20 bits per heavy atom. The van der Waals surface area contributed by atoms with Crippen LogP contribution in [-0.4, -0.2) is 40.1 Å². The minimum Gasteiger partial charge on any atom is -0.376 e. The van der Waals surface area contributed by atoms with E-state index in [0.29, 0.717) is 19.8 Å². The maximum Gasteiger partial charge on any atom is 0.209 e. The molecular weight excluding hydrogens is 218 g/mol. The molecule has 0 aromatic heterocycles. The molecule has 6 heteroatoms. The summed E-state index contributed by atoms with van der Waals surface area (Å²) in [6.07, 6.45) is 1.90. The Bertz CT molecular complexity index is 274. The van der Waals surface area contributed by atoms with Gasteiger partial charge < -0.3 is 9.47 Å². The molecule has 5 nitrogen and oxygen atoms in total. The Morgan fingerprint density at radius 1 is 1.53 bits per heavy atom. The summed E-state index contributed by atoms with van der Waals surface area (Å²) in [6, 6.07) is 0. The molecule has 90 valence electrons. The lowest BCUT2D eigenvalue weighted by Gasteiger charge is -2.28. The van der Waals surface area contributed by atoms with Crippen LogP contribution < -0.4 is 5.14 Å². The molecule has 1 saturated heterocycles. The van der Waals surface area contributed by atoms with Crippen molar-refractivity contribution in [3.63, 3.8) is 0 Å². The summed E-state index contributed by atoms with van der Waals surface area (Å²) >= 11 is 0. The molecule has 1 aliphatic rings. The van der Waals surface area contributed by atoms with Gasteiger partial charge in [0, 0.05) is 0 Å². The lowest BCUT2D eigenvalue weighted by atomic mass is 10.1. The first kappa shape index (κ1) is 12.9. The summed E-state index contributed by atoms with van der Waals surface area (Å²) in [7, 11) is -3.39. The van der Waals surface area contributed by atoms with Gasteiger partial charge in [0.2, 0.25) is 10.0 Å². The van der Waals surface area contributed by atoms with E-state index in [0.717, 1.165) is 12.8 Å². The van der Waals surface area contributed by atoms with E-state index < -0.39 is 10.0 Å². The van der Waals surface area contributed by atoms with E-state index in [1.54, 1.807) is 0 Å². The second kappa shape index (κ2) is 5.79.